The molecule has 234 valence electrons. The molecule has 0 fully saturated rings. The summed E-state index contributed by atoms with van der Waals surface area (Å²) in [5, 5.41) is 6.72. The number of hydrogen-bond donors (Lipinski definition) is 0. The Hall–Kier alpha value is -5.49. The van der Waals surface area contributed by atoms with Crippen molar-refractivity contribution in [3.63, 3.8) is 0 Å². The van der Waals surface area contributed by atoms with Crippen LogP contribution in [-0.4, -0.2) is 0 Å². The lowest BCUT2D eigenvalue weighted by Gasteiger charge is -2.36. The smallest absolute Gasteiger partial charge is 0.171 e. The minimum Gasteiger partial charge on any atom is -0.309 e. The molecule has 1 atom stereocenters. The van der Waals surface area contributed by atoms with E-state index in [-0.39, 0.29) is 0 Å². The van der Waals surface area contributed by atoms with Crippen molar-refractivity contribution < 1.29 is 8.68 Å². The first kappa shape index (κ1) is 26.5. The molecule has 0 bridgehead atoms. The summed E-state index contributed by atoms with van der Waals surface area (Å²) >= 11 is 0. The van der Waals surface area contributed by atoms with Crippen molar-refractivity contribution in [3.8, 4) is 33.4 Å². The zero-order valence-corrected chi connectivity index (χ0v) is 28.0. The molecule has 1 aliphatic carbocycles. The van der Waals surface area contributed by atoms with E-state index in [2.05, 4.69) is 72.8 Å². The Morgan fingerprint density at radius 3 is 1.55 bits per heavy atom. The average Bonchev–Trinajstić information content (AvgIpc) is 3.19. The standard InChI is InChI=1S/C47H35OP/c1-47(2)42-22-12-11-20-40(42)45-39-19-10-9-18-38(39)44(41-21-13-23-43(47)46(41)45)34-26-24-32(25-27-34)33-28-30-37(31-29-33)49(48,35-14-5-3-6-15-35)36-16-7-4-8-17-36/h3-31H,1-2H3/i1D3. The van der Waals surface area contributed by atoms with Gasteiger partial charge >= 0.3 is 0 Å². The molecule has 0 radical (unpaired) electrons. The van der Waals surface area contributed by atoms with Gasteiger partial charge in [0.05, 0.1) is 0 Å². The van der Waals surface area contributed by atoms with E-state index in [1.54, 1.807) is 0 Å². The second kappa shape index (κ2) is 11.3. The van der Waals surface area contributed by atoms with E-state index >= 15 is 0 Å². The van der Waals surface area contributed by atoms with Crippen molar-refractivity contribution in [2.24, 2.45) is 0 Å². The lowest BCUT2D eigenvalue weighted by molar-refractivity contribution is 0.592. The molecule has 0 aliphatic heterocycles. The predicted octanol–water partition coefficient (Wildman–Crippen LogP) is 11.3. The lowest BCUT2D eigenvalue weighted by Crippen LogP contribution is -2.24. The van der Waals surface area contributed by atoms with Gasteiger partial charge in [0.15, 0.2) is 7.14 Å². The van der Waals surface area contributed by atoms with Gasteiger partial charge in [-0.25, -0.2) is 0 Å². The molecule has 2 heteroatoms. The zero-order valence-electron chi connectivity index (χ0n) is 30.1. The molecule has 1 nitrogen and oxygen atoms in total. The maximum atomic E-state index is 14.9. The Bertz CT molecular complexity index is 2640. The highest BCUT2D eigenvalue weighted by molar-refractivity contribution is 7.85. The Kier molecular flexibility index (Phi) is 6.10. The van der Waals surface area contributed by atoms with Gasteiger partial charge in [-0.2, -0.15) is 0 Å². The molecule has 0 saturated carbocycles. The van der Waals surface area contributed by atoms with Crippen molar-refractivity contribution in [1.29, 1.82) is 0 Å². The third kappa shape index (κ3) is 4.50. The van der Waals surface area contributed by atoms with Gasteiger partial charge < -0.3 is 4.57 Å². The second-order valence-electron chi connectivity index (χ2n) is 13.1. The number of hydrogen-bond acceptors (Lipinski definition) is 1. The molecular weight excluding hydrogens is 611 g/mol. The van der Waals surface area contributed by atoms with Crippen molar-refractivity contribution >= 4 is 44.6 Å². The van der Waals surface area contributed by atoms with Crippen molar-refractivity contribution in [3.05, 3.63) is 187 Å². The molecule has 1 aliphatic rings. The first-order chi connectivity index (χ1) is 25.2. The van der Waals surface area contributed by atoms with Crippen LogP contribution in [-0.2, 0) is 9.98 Å². The molecule has 0 spiro atoms. The van der Waals surface area contributed by atoms with Gasteiger partial charge in [0.25, 0.3) is 0 Å². The molecule has 8 aromatic carbocycles. The molecule has 9 rings (SSSR count). The highest BCUT2D eigenvalue weighted by Gasteiger charge is 2.35. The van der Waals surface area contributed by atoms with Crippen LogP contribution in [0.3, 0.4) is 0 Å². The minimum atomic E-state index is -3.06. The van der Waals surface area contributed by atoms with E-state index in [9.17, 15) is 4.57 Å². The number of fused-ring (bicyclic) bond motifs is 4. The van der Waals surface area contributed by atoms with Crippen LogP contribution in [0.4, 0.5) is 0 Å². The van der Waals surface area contributed by atoms with Gasteiger partial charge in [0.2, 0.25) is 0 Å². The molecule has 0 amide bonds. The Morgan fingerprint density at radius 1 is 0.449 bits per heavy atom. The average molecular weight is 650 g/mol. The van der Waals surface area contributed by atoms with Crippen molar-refractivity contribution in [1.82, 2.24) is 0 Å². The summed E-state index contributed by atoms with van der Waals surface area (Å²) in [4.78, 5) is 0. The number of rotatable bonds is 5. The van der Waals surface area contributed by atoms with Crippen molar-refractivity contribution in [2.75, 3.05) is 0 Å². The monoisotopic (exact) mass is 649 g/mol. The summed E-state index contributed by atoms with van der Waals surface area (Å²) in [6.07, 6.45) is 0. The van der Waals surface area contributed by atoms with E-state index in [4.69, 9.17) is 4.11 Å². The van der Waals surface area contributed by atoms with Gasteiger partial charge in [-0.1, -0.05) is 190 Å². The Morgan fingerprint density at radius 2 is 0.918 bits per heavy atom. The van der Waals surface area contributed by atoms with Crippen molar-refractivity contribution in [2.45, 2.75) is 19.2 Å². The van der Waals surface area contributed by atoms with E-state index in [1.807, 2.05) is 110 Å². The highest BCUT2D eigenvalue weighted by atomic mass is 31.2. The summed E-state index contributed by atoms with van der Waals surface area (Å²) in [5.41, 5.74) is 6.84. The molecule has 0 N–H and O–H groups in total. The third-order valence-corrected chi connectivity index (χ3v) is 13.4. The SMILES string of the molecule is [2H]C([2H])([2H])C1(C)c2ccccc2-c2c3ccccc3c(-c3ccc(-c4ccc(P(=O)(c5ccccc5)c5ccccc5)cc4)cc3)c3cccc1c23. The molecule has 0 aromatic heterocycles. The summed E-state index contributed by atoms with van der Waals surface area (Å²) in [6.45, 7) is -0.377. The largest absolute Gasteiger partial charge is 0.309 e. The van der Waals surface area contributed by atoms with E-state index in [1.165, 1.54) is 0 Å². The Labute approximate surface area is 292 Å². The van der Waals surface area contributed by atoms with Gasteiger partial charge in [-0.3, -0.25) is 0 Å². The summed E-state index contributed by atoms with van der Waals surface area (Å²) < 4.78 is 41.3. The Balaban J connectivity index is 1.18. The van der Waals surface area contributed by atoms with Crippen LogP contribution in [0.25, 0.3) is 54.9 Å². The third-order valence-electron chi connectivity index (χ3n) is 10.3. The van der Waals surface area contributed by atoms with E-state index in [0.717, 1.165) is 82.0 Å². The lowest BCUT2D eigenvalue weighted by atomic mass is 9.67. The topological polar surface area (TPSA) is 17.1 Å². The van der Waals surface area contributed by atoms with E-state index < -0.39 is 19.4 Å². The highest BCUT2D eigenvalue weighted by Crippen LogP contribution is 2.53. The summed E-state index contributed by atoms with van der Waals surface area (Å²) in [5.74, 6) is 0. The first-order valence-corrected chi connectivity index (χ1v) is 18.4. The van der Waals surface area contributed by atoms with Crippen LogP contribution in [0, 0.1) is 0 Å². The maximum absolute atomic E-state index is 14.9. The zero-order chi connectivity index (χ0) is 35.7. The van der Waals surface area contributed by atoms with Crippen LogP contribution in [0.5, 0.6) is 0 Å². The van der Waals surface area contributed by atoms with Crippen LogP contribution in [0.2, 0.25) is 0 Å². The minimum absolute atomic E-state index is 0.797. The summed E-state index contributed by atoms with van der Waals surface area (Å²) in [6, 6.07) is 58.9. The second-order valence-corrected chi connectivity index (χ2v) is 15.9. The fraction of sp³-hybridized carbons (Fsp3) is 0.0638. The summed E-state index contributed by atoms with van der Waals surface area (Å²) in [7, 11) is -3.06. The van der Waals surface area contributed by atoms with Crippen LogP contribution in [0.15, 0.2) is 176 Å². The van der Waals surface area contributed by atoms with Gasteiger partial charge in [-0.05, 0) is 66.1 Å². The maximum Gasteiger partial charge on any atom is 0.171 e. The molecule has 0 saturated heterocycles. The van der Waals surface area contributed by atoms with Gasteiger partial charge in [0.1, 0.15) is 0 Å². The normalized spacial score (nSPS) is 16.5. The first-order valence-electron chi connectivity index (χ1n) is 18.2. The molecule has 0 heterocycles. The van der Waals surface area contributed by atoms with Crippen LogP contribution < -0.4 is 15.9 Å². The van der Waals surface area contributed by atoms with E-state index in [0.29, 0.717) is 0 Å². The van der Waals surface area contributed by atoms with Gasteiger partial charge in [-0.15, -0.1) is 0 Å². The fourth-order valence-corrected chi connectivity index (χ4v) is 10.6. The molecule has 49 heavy (non-hydrogen) atoms. The number of benzene rings is 8. The van der Waals surface area contributed by atoms with Crippen LogP contribution >= 0.6 is 7.14 Å². The van der Waals surface area contributed by atoms with Gasteiger partial charge in [0, 0.05) is 25.4 Å². The fourth-order valence-electron chi connectivity index (χ4n) is 7.93. The van der Waals surface area contributed by atoms with Crippen LogP contribution in [0.1, 0.15) is 29.0 Å². The predicted molar refractivity (Wildman–Crippen MR) is 209 cm³/mol. The molecule has 8 aromatic rings. The molecular formula is C47H35OP. The molecule has 1 unspecified atom stereocenters. The quantitative estimate of drug-likeness (QED) is 0.134.